The van der Waals surface area contributed by atoms with Gasteiger partial charge >= 0.3 is 5.97 Å². The smallest absolute Gasteiger partial charge is 0.302 e. The molecule has 0 N–H and O–H groups in total. The van der Waals surface area contributed by atoms with Gasteiger partial charge in [-0.2, -0.15) is 0 Å². The summed E-state index contributed by atoms with van der Waals surface area (Å²) >= 11 is 0. The molecule has 2 unspecified atom stereocenters. The maximum absolute atomic E-state index is 10.7. The fourth-order valence-corrected chi connectivity index (χ4v) is 1.54. The van der Waals surface area contributed by atoms with Crippen LogP contribution in [-0.2, 0) is 14.3 Å². The van der Waals surface area contributed by atoms with Crippen molar-refractivity contribution >= 4 is 5.97 Å². The zero-order valence-electron chi connectivity index (χ0n) is 11.3. The molecule has 0 aliphatic carbocycles. The van der Waals surface area contributed by atoms with Crippen LogP contribution >= 0.6 is 0 Å². The predicted molar refractivity (Wildman–Crippen MR) is 65.4 cm³/mol. The molecule has 0 aromatic carbocycles. The Balaban J connectivity index is 3.97. The van der Waals surface area contributed by atoms with Gasteiger partial charge < -0.3 is 9.47 Å². The van der Waals surface area contributed by atoms with Gasteiger partial charge in [0, 0.05) is 6.92 Å². The Morgan fingerprint density at radius 1 is 1.38 bits per heavy atom. The summed E-state index contributed by atoms with van der Waals surface area (Å²) in [6.07, 6.45) is 4.24. The minimum absolute atomic E-state index is 0.0789. The van der Waals surface area contributed by atoms with Gasteiger partial charge in [0.25, 0.3) is 0 Å². The summed E-state index contributed by atoms with van der Waals surface area (Å²) in [4.78, 5) is 10.7. The Kier molecular flexibility index (Phi) is 7.39. The lowest BCUT2D eigenvalue weighted by Gasteiger charge is -2.30. The maximum atomic E-state index is 10.7. The highest BCUT2D eigenvalue weighted by atomic mass is 16.6. The first-order valence-corrected chi connectivity index (χ1v) is 6.24. The summed E-state index contributed by atoms with van der Waals surface area (Å²) < 4.78 is 10.9. The number of unbranched alkanes of at least 4 members (excludes halogenated alkanes) is 1. The maximum Gasteiger partial charge on any atom is 0.302 e. The van der Waals surface area contributed by atoms with Crippen molar-refractivity contribution < 1.29 is 14.3 Å². The third kappa shape index (κ3) is 6.83. The third-order valence-corrected chi connectivity index (χ3v) is 2.84. The molecule has 0 heterocycles. The summed E-state index contributed by atoms with van der Waals surface area (Å²) in [5.74, 6) is -0.247. The van der Waals surface area contributed by atoms with Gasteiger partial charge in [0.15, 0.2) is 0 Å². The standard InChI is InChI=1S/C13H26O3/c1-6-8-9-13(5,7-2)15-10-11(3)16-12(4)14/h11H,6-10H2,1-5H3. The highest BCUT2D eigenvalue weighted by molar-refractivity contribution is 5.66. The number of carbonyl (C=O) groups is 1. The van der Waals surface area contributed by atoms with Gasteiger partial charge in [-0.15, -0.1) is 0 Å². The first-order chi connectivity index (χ1) is 7.43. The summed E-state index contributed by atoms with van der Waals surface area (Å²) in [7, 11) is 0. The molecule has 0 radical (unpaired) electrons. The van der Waals surface area contributed by atoms with Crippen LogP contribution in [0.2, 0.25) is 0 Å². The van der Waals surface area contributed by atoms with E-state index in [1.54, 1.807) is 0 Å². The molecule has 0 saturated heterocycles. The molecule has 0 bridgehead atoms. The van der Waals surface area contributed by atoms with E-state index in [-0.39, 0.29) is 17.7 Å². The van der Waals surface area contributed by atoms with Crippen molar-refractivity contribution in [1.29, 1.82) is 0 Å². The van der Waals surface area contributed by atoms with Crippen LogP contribution < -0.4 is 0 Å². The second kappa shape index (κ2) is 7.66. The lowest BCUT2D eigenvalue weighted by molar-refractivity contribution is -0.152. The van der Waals surface area contributed by atoms with E-state index in [0.29, 0.717) is 6.61 Å². The summed E-state index contributed by atoms with van der Waals surface area (Å²) in [6.45, 7) is 10.2. The number of hydrogen-bond donors (Lipinski definition) is 0. The van der Waals surface area contributed by atoms with Gasteiger partial charge in [-0.3, -0.25) is 4.79 Å². The van der Waals surface area contributed by atoms with Crippen molar-refractivity contribution in [2.45, 2.75) is 72.0 Å². The van der Waals surface area contributed by atoms with E-state index in [1.807, 2.05) is 6.92 Å². The summed E-state index contributed by atoms with van der Waals surface area (Å²) in [6, 6.07) is 0. The molecule has 0 rings (SSSR count). The highest BCUT2D eigenvalue weighted by Gasteiger charge is 2.23. The molecule has 0 aromatic rings. The van der Waals surface area contributed by atoms with Gasteiger partial charge in [-0.05, 0) is 26.7 Å². The van der Waals surface area contributed by atoms with Crippen molar-refractivity contribution in [3.05, 3.63) is 0 Å². The van der Waals surface area contributed by atoms with Crippen LogP contribution in [0.15, 0.2) is 0 Å². The Hall–Kier alpha value is -0.570. The molecule has 0 fully saturated rings. The lowest BCUT2D eigenvalue weighted by atomic mass is 9.96. The number of hydrogen-bond acceptors (Lipinski definition) is 3. The Morgan fingerprint density at radius 3 is 2.44 bits per heavy atom. The van der Waals surface area contributed by atoms with Crippen molar-refractivity contribution in [2.75, 3.05) is 6.61 Å². The second-order valence-corrected chi connectivity index (χ2v) is 4.64. The van der Waals surface area contributed by atoms with E-state index in [0.717, 1.165) is 12.8 Å². The minimum atomic E-state index is -0.247. The van der Waals surface area contributed by atoms with E-state index < -0.39 is 0 Å². The molecule has 3 nitrogen and oxygen atoms in total. The molecule has 16 heavy (non-hydrogen) atoms. The highest BCUT2D eigenvalue weighted by Crippen LogP contribution is 2.23. The molecule has 0 aliphatic heterocycles. The normalized spacial score (nSPS) is 16.6. The van der Waals surface area contributed by atoms with Crippen LogP contribution in [0.1, 0.15) is 60.3 Å². The average molecular weight is 230 g/mol. The third-order valence-electron chi connectivity index (χ3n) is 2.84. The van der Waals surface area contributed by atoms with Crippen molar-refractivity contribution in [1.82, 2.24) is 0 Å². The molecule has 96 valence electrons. The predicted octanol–water partition coefficient (Wildman–Crippen LogP) is 3.31. The van der Waals surface area contributed by atoms with E-state index in [1.165, 1.54) is 19.8 Å². The molecule has 0 aliphatic rings. The lowest BCUT2D eigenvalue weighted by Crippen LogP contribution is -2.32. The Morgan fingerprint density at radius 2 is 2.00 bits per heavy atom. The van der Waals surface area contributed by atoms with Gasteiger partial charge in [-0.25, -0.2) is 0 Å². The van der Waals surface area contributed by atoms with E-state index >= 15 is 0 Å². The van der Waals surface area contributed by atoms with E-state index in [2.05, 4.69) is 20.8 Å². The summed E-state index contributed by atoms with van der Waals surface area (Å²) in [5, 5.41) is 0. The quantitative estimate of drug-likeness (QED) is 0.600. The summed E-state index contributed by atoms with van der Waals surface area (Å²) in [5.41, 5.74) is -0.0789. The van der Waals surface area contributed by atoms with Crippen LogP contribution in [0, 0.1) is 0 Å². The fraction of sp³-hybridized carbons (Fsp3) is 0.923. The van der Waals surface area contributed by atoms with Crippen LogP contribution in [-0.4, -0.2) is 24.3 Å². The Labute approximate surface area is 99.5 Å². The molecule has 0 amide bonds. The van der Waals surface area contributed by atoms with E-state index in [9.17, 15) is 4.79 Å². The number of esters is 1. The number of rotatable bonds is 8. The van der Waals surface area contributed by atoms with Gasteiger partial charge in [0.1, 0.15) is 6.10 Å². The van der Waals surface area contributed by atoms with Crippen LogP contribution in [0.5, 0.6) is 0 Å². The van der Waals surface area contributed by atoms with E-state index in [4.69, 9.17) is 9.47 Å². The van der Waals surface area contributed by atoms with Crippen molar-refractivity contribution in [3.8, 4) is 0 Å². The van der Waals surface area contributed by atoms with Gasteiger partial charge in [0.05, 0.1) is 12.2 Å². The van der Waals surface area contributed by atoms with Crippen LogP contribution in [0.25, 0.3) is 0 Å². The molecule has 2 atom stereocenters. The zero-order chi connectivity index (χ0) is 12.6. The monoisotopic (exact) mass is 230 g/mol. The second-order valence-electron chi connectivity index (χ2n) is 4.64. The number of carbonyl (C=O) groups excluding carboxylic acids is 1. The van der Waals surface area contributed by atoms with Crippen molar-refractivity contribution in [3.63, 3.8) is 0 Å². The largest absolute Gasteiger partial charge is 0.460 e. The molecule has 3 heteroatoms. The molecule has 0 spiro atoms. The van der Waals surface area contributed by atoms with Crippen LogP contribution in [0.4, 0.5) is 0 Å². The zero-order valence-corrected chi connectivity index (χ0v) is 11.3. The average Bonchev–Trinajstić information content (AvgIpc) is 2.23. The SMILES string of the molecule is CCCCC(C)(CC)OCC(C)OC(C)=O. The molecular formula is C13H26O3. The Bertz CT molecular complexity index is 203. The molecule has 0 aromatic heterocycles. The molecular weight excluding hydrogens is 204 g/mol. The van der Waals surface area contributed by atoms with Crippen molar-refractivity contribution in [2.24, 2.45) is 0 Å². The minimum Gasteiger partial charge on any atom is -0.460 e. The first kappa shape index (κ1) is 15.4. The van der Waals surface area contributed by atoms with Crippen LogP contribution in [0.3, 0.4) is 0 Å². The topological polar surface area (TPSA) is 35.5 Å². The number of ether oxygens (including phenoxy) is 2. The van der Waals surface area contributed by atoms with Gasteiger partial charge in [0.2, 0.25) is 0 Å². The molecule has 0 saturated carbocycles. The fourth-order valence-electron chi connectivity index (χ4n) is 1.54. The van der Waals surface area contributed by atoms with Gasteiger partial charge in [-0.1, -0.05) is 26.7 Å². The first-order valence-electron chi connectivity index (χ1n) is 6.24.